The van der Waals surface area contributed by atoms with Gasteiger partial charge in [0, 0.05) is 35.3 Å². The zero-order chi connectivity index (χ0) is 21.1. The molecule has 1 N–H and O–H groups in total. The zero-order valence-electron chi connectivity index (χ0n) is 17.1. The molecule has 2 heterocycles. The molecule has 30 heavy (non-hydrogen) atoms. The third kappa shape index (κ3) is 4.21. The number of hydrogen-bond acceptors (Lipinski definition) is 3. The van der Waals surface area contributed by atoms with Crippen LogP contribution >= 0.6 is 11.3 Å². The van der Waals surface area contributed by atoms with Crippen LogP contribution < -0.4 is 5.32 Å². The van der Waals surface area contributed by atoms with E-state index in [1.807, 2.05) is 67.3 Å². The lowest BCUT2D eigenvalue weighted by Crippen LogP contribution is -2.35. The number of carbonyl (C=O) groups is 2. The van der Waals surface area contributed by atoms with Crippen LogP contribution in [-0.4, -0.2) is 23.3 Å². The highest BCUT2D eigenvalue weighted by molar-refractivity contribution is 7.10. The fourth-order valence-electron chi connectivity index (χ4n) is 3.74. The maximum absolute atomic E-state index is 13.2. The average Bonchev–Trinajstić information content (AvgIpc) is 3.23. The van der Waals surface area contributed by atoms with Crippen molar-refractivity contribution in [2.24, 2.45) is 0 Å². The summed E-state index contributed by atoms with van der Waals surface area (Å²) >= 11 is 1.76. The SMILES string of the molecule is CC(=CC(=O)Nc1cccc(C(=O)N2CCc3sccc3C2)c1C)c1ccccc1. The Morgan fingerprint density at radius 1 is 1.07 bits per heavy atom. The third-order valence-corrected chi connectivity index (χ3v) is 6.52. The Bertz CT molecular complexity index is 1120. The number of rotatable bonds is 4. The van der Waals surface area contributed by atoms with E-state index in [4.69, 9.17) is 0 Å². The van der Waals surface area contributed by atoms with Crippen molar-refractivity contribution >= 4 is 34.4 Å². The number of hydrogen-bond donors (Lipinski definition) is 1. The van der Waals surface area contributed by atoms with Gasteiger partial charge in [0.2, 0.25) is 5.91 Å². The average molecular weight is 417 g/mol. The number of fused-ring (bicyclic) bond motifs is 1. The monoisotopic (exact) mass is 416 g/mol. The first-order valence-corrected chi connectivity index (χ1v) is 10.9. The van der Waals surface area contributed by atoms with Crippen LogP contribution in [0.15, 0.2) is 66.1 Å². The summed E-state index contributed by atoms with van der Waals surface area (Å²) in [6, 6.07) is 17.4. The quantitative estimate of drug-likeness (QED) is 0.587. The lowest BCUT2D eigenvalue weighted by atomic mass is 10.0. The number of nitrogens with one attached hydrogen (secondary N) is 1. The van der Waals surface area contributed by atoms with Crippen molar-refractivity contribution in [2.45, 2.75) is 26.8 Å². The molecule has 1 aromatic heterocycles. The summed E-state index contributed by atoms with van der Waals surface area (Å²) in [4.78, 5) is 29.0. The molecule has 1 aliphatic heterocycles. The first-order chi connectivity index (χ1) is 14.5. The minimum Gasteiger partial charge on any atom is -0.334 e. The second-order valence-electron chi connectivity index (χ2n) is 7.51. The molecule has 4 nitrogen and oxygen atoms in total. The van der Waals surface area contributed by atoms with Crippen LogP contribution in [-0.2, 0) is 17.8 Å². The Morgan fingerprint density at radius 3 is 2.67 bits per heavy atom. The standard InChI is InChI=1S/C25H24N2O2S/c1-17(19-7-4-3-5-8-19)15-24(28)26-22-10-6-9-21(18(22)2)25(29)27-13-11-23-20(16-27)12-14-30-23/h3-10,12,14-15H,11,13,16H2,1-2H3,(H,26,28). The van der Waals surface area contributed by atoms with Gasteiger partial charge in [0.15, 0.2) is 0 Å². The van der Waals surface area contributed by atoms with Gasteiger partial charge >= 0.3 is 0 Å². The minimum absolute atomic E-state index is 0.0106. The summed E-state index contributed by atoms with van der Waals surface area (Å²) in [5.74, 6) is -0.193. The summed E-state index contributed by atoms with van der Waals surface area (Å²) in [5.41, 5.74) is 5.22. The number of anilines is 1. The number of nitrogens with zero attached hydrogens (tertiary/aromatic N) is 1. The number of amides is 2. The highest BCUT2D eigenvalue weighted by Crippen LogP contribution is 2.27. The molecule has 1 aliphatic rings. The normalized spacial score (nSPS) is 13.7. The van der Waals surface area contributed by atoms with Crippen LogP contribution in [0.5, 0.6) is 0 Å². The Morgan fingerprint density at radius 2 is 1.87 bits per heavy atom. The Kier molecular flexibility index (Phi) is 5.81. The molecule has 2 amide bonds. The maximum atomic E-state index is 13.2. The van der Waals surface area contributed by atoms with Crippen molar-refractivity contribution in [3.05, 3.63) is 93.2 Å². The highest BCUT2D eigenvalue weighted by Gasteiger charge is 2.24. The predicted molar refractivity (Wildman–Crippen MR) is 123 cm³/mol. The molecular weight excluding hydrogens is 392 g/mol. The second kappa shape index (κ2) is 8.67. The second-order valence-corrected chi connectivity index (χ2v) is 8.51. The Hall–Kier alpha value is -3.18. The van der Waals surface area contributed by atoms with Gasteiger partial charge in [0.1, 0.15) is 0 Å². The van der Waals surface area contributed by atoms with Crippen LogP contribution in [0.25, 0.3) is 5.57 Å². The summed E-state index contributed by atoms with van der Waals surface area (Å²) in [5, 5.41) is 5.02. The molecule has 0 saturated heterocycles. The van der Waals surface area contributed by atoms with Gasteiger partial charge in [-0.25, -0.2) is 0 Å². The van der Waals surface area contributed by atoms with E-state index in [-0.39, 0.29) is 11.8 Å². The van der Waals surface area contributed by atoms with Crippen LogP contribution in [0.2, 0.25) is 0 Å². The Labute approximate surface area is 180 Å². The molecule has 0 saturated carbocycles. The molecule has 5 heteroatoms. The molecule has 0 radical (unpaired) electrons. The molecule has 0 spiro atoms. The molecule has 0 fully saturated rings. The van der Waals surface area contributed by atoms with Crippen molar-refractivity contribution in [1.29, 1.82) is 0 Å². The lowest BCUT2D eigenvalue weighted by molar-refractivity contribution is -0.111. The van der Waals surface area contributed by atoms with E-state index in [0.29, 0.717) is 17.8 Å². The van der Waals surface area contributed by atoms with E-state index in [1.165, 1.54) is 10.4 Å². The molecule has 2 aromatic carbocycles. The topological polar surface area (TPSA) is 49.4 Å². The van der Waals surface area contributed by atoms with Gasteiger partial charge in [0.25, 0.3) is 5.91 Å². The fourth-order valence-corrected chi connectivity index (χ4v) is 4.63. The van der Waals surface area contributed by atoms with Gasteiger partial charge in [-0.05, 0) is 66.1 Å². The van der Waals surface area contributed by atoms with Gasteiger partial charge in [-0.3, -0.25) is 9.59 Å². The van der Waals surface area contributed by atoms with E-state index in [0.717, 1.165) is 29.7 Å². The summed E-state index contributed by atoms with van der Waals surface area (Å²) in [7, 11) is 0. The maximum Gasteiger partial charge on any atom is 0.254 e. The van der Waals surface area contributed by atoms with Crippen molar-refractivity contribution < 1.29 is 9.59 Å². The van der Waals surface area contributed by atoms with E-state index < -0.39 is 0 Å². The van der Waals surface area contributed by atoms with Crippen LogP contribution in [0.4, 0.5) is 5.69 Å². The smallest absolute Gasteiger partial charge is 0.254 e. The van der Waals surface area contributed by atoms with E-state index >= 15 is 0 Å². The van der Waals surface area contributed by atoms with E-state index in [2.05, 4.69) is 16.8 Å². The summed E-state index contributed by atoms with van der Waals surface area (Å²) in [6.45, 7) is 5.17. The predicted octanol–water partition coefficient (Wildman–Crippen LogP) is 5.30. The van der Waals surface area contributed by atoms with Crippen LogP contribution in [0.1, 0.15) is 38.8 Å². The molecule has 4 rings (SSSR count). The molecule has 0 bridgehead atoms. The molecule has 152 valence electrons. The van der Waals surface area contributed by atoms with Gasteiger partial charge in [-0.1, -0.05) is 36.4 Å². The lowest BCUT2D eigenvalue weighted by Gasteiger charge is -2.28. The Balaban J connectivity index is 1.50. The van der Waals surface area contributed by atoms with Crippen molar-refractivity contribution in [1.82, 2.24) is 4.90 Å². The first kappa shape index (κ1) is 20.1. The van der Waals surface area contributed by atoms with Crippen molar-refractivity contribution in [2.75, 3.05) is 11.9 Å². The number of thiophene rings is 1. The van der Waals surface area contributed by atoms with Crippen molar-refractivity contribution in [3.8, 4) is 0 Å². The van der Waals surface area contributed by atoms with Gasteiger partial charge in [-0.2, -0.15) is 0 Å². The van der Waals surface area contributed by atoms with Gasteiger partial charge in [-0.15, -0.1) is 11.3 Å². The molecule has 3 aromatic rings. The summed E-state index contributed by atoms with van der Waals surface area (Å²) in [6.07, 6.45) is 2.49. The fraction of sp³-hybridized carbons (Fsp3) is 0.200. The molecular formula is C25H24N2O2S. The number of benzene rings is 2. The van der Waals surface area contributed by atoms with Crippen LogP contribution in [0, 0.1) is 6.92 Å². The summed E-state index contributed by atoms with van der Waals surface area (Å²) < 4.78 is 0. The zero-order valence-corrected chi connectivity index (χ0v) is 18.0. The molecule has 0 aliphatic carbocycles. The first-order valence-electron chi connectivity index (χ1n) is 10.0. The number of carbonyl (C=O) groups excluding carboxylic acids is 2. The minimum atomic E-state index is -0.204. The number of allylic oxidation sites excluding steroid dienone is 1. The van der Waals surface area contributed by atoms with Gasteiger partial charge in [0.05, 0.1) is 0 Å². The van der Waals surface area contributed by atoms with E-state index in [9.17, 15) is 9.59 Å². The van der Waals surface area contributed by atoms with Crippen LogP contribution in [0.3, 0.4) is 0 Å². The van der Waals surface area contributed by atoms with E-state index in [1.54, 1.807) is 17.4 Å². The molecule has 0 atom stereocenters. The largest absolute Gasteiger partial charge is 0.334 e. The third-order valence-electron chi connectivity index (χ3n) is 5.49. The van der Waals surface area contributed by atoms with Gasteiger partial charge < -0.3 is 10.2 Å². The highest BCUT2D eigenvalue weighted by atomic mass is 32.1. The molecule has 0 unspecified atom stereocenters. The van der Waals surface area contributed by atoms with Crippen molar-refractivity contribution in [3.63, 3.8) is 0 Å².